The van der Waals surface area contributed by atoms with Crippen molar-refractivity contribution in [2.45, 2.75) is 17.4 Å². The maximum atomic E-state index is 8.87. The van der Waals surface area contributed by atoms with Gasteiger partial charge in [-0.05, 0) is 31.7 Å². The fourth-order valence-corrected chi connectivity index (χ4v) is 2.89. The van der Waals surface area contributed by atoms with Crippen molar-refractivity contribution in [3.63, 3.8) is 0 Å². The number of hydrogen-bond donors (Lipinski definition) is 2. The van der Waals surface area contributed by atoms with Crippen molar-refractivity contribution in [3.8, 4) is 0 Å². The molecule has 1 aromatic carbocycles. The van der Waals surface area contributed by atoms with E-state index in [0.717, 1.165) is 17.1 Å². The van der Waals surface area contributed by atoms with E-state index >= 15 is 0 Å². The number of benzene rings is 1. The predicted molar refractivity (Wildman–Crippen MR) is 71.7 cm³/mol. The molecule has 0 bridgehead atoms. The first kappa shape index (κ1) is 14.1. The highest BCUT2D eigenvalue weighted by Gasteiger charge is 2.08. The molecule has 2 N–H and O–H groups in total. The summed E-state index contributed by atoms with van der Waals surface area (Å²) in [5.41, 5.74) is 0. The molecular weight excluding hydrogens is 265 g/mol. The summed E-state index contributed by atoms with van der Waals surface area (Å²) < 4.78 is 0. The average molecular weight is 280 g/mol. The Kier molecular flexibility index (Phi) is 6.54. The Morgan fingerprint density at radius 2 is 2.19 bits per heavy atom. The summed E-state index contributed by atoms with van der Waals surface area (Å²) in [5.74, 6) is 0.858. The number of aliphatic hydroxyl groups excluding tert-OH is 1. The van der Waals surface area contributed by atoms with Gasteiger partial charge in [-0.2, -0.15) is 0 Å². The molecule has 1 rings (SSSR count). The van der Waals surface area contributed by atoms with Crippen molar-refractivity contribution in [2.24, 2.45) is 0 Å². The highest BCUT2D eigenvalue weighted by molar-refractivity contribution is 7.99. The van der Waals surface area contributed by atoms with Gasteiger partial charge < -0.3 is 10.4 Å². The Morgan fingerprint density at radius 3 is 2.81 bits per heavy atom. The second kappa shape index (κ2) is 7.41. The van der Waals surface area contributed by atoms with Crippen LogP contribution in [0.3, 0.4) is 0 Å². The fourth-order valence-electron chi connectivity index (χ4n) is 1.25. The normalized spacial score (nSPS) is 12.8. The van der Waals surface area contributed by atoms with E-state index in [4.69, 9.17) is 28.3 Å². The molecule has 1 atom stereocenters. The third kappa shape index (κ3) is 4.52. The van der Waals surface area contributed by atoms with Crippen LogP contribution in [0.2, 0.25) is 10.0 Å². The first-order valence-electron chi connectivity index (χ1n) is 5.03. The Morgan fingerprint density at radius 1 is 1.44 bits per heavy atom. The van der Waals surface area contributed by atoms with Gasteiger partial charge in [0.25, 0.3) is 0 Å². The molecule has 5 heteroatoms. The van der Waals surface area contributed by atoms with Crippen LogP contribution in [0.4, 0.5) is 0 Å². The average Bonchev–Trinajstić information content (AvgIpc) is 2.28. The zero-order valence-corrected chi connectivity index (χ0v) is 11.4. The number of thioether (sulfide) groups is 1. The van der Waals surface area contributed by atoms with Crippen molar-refractivity contribution in [1.29, 1.82) is 0 Å². The monoisotopic (exact) mass is 279 g/mol. The number of aliphatic hydroxyl groups is 1. The SMILES string of the molecule is CNC(CCO)CSc1cc(Cl)ccc1Cl. The second-order valence-corrected chi connectivity index (χ2v) is 5.29. The van der Waals surface area contributed by atoms with Crippen LogP contribution in [-0.2, 0) is 0 Å². The number of hydrogen-bond acceptors (Lipinski definition) is 3. The van der Waals surface area contributed by atoms with Crippen LogP contribution in [0.1, 0.15) is 6.42 Å². The summed E-state index contributed by atoms with van der Waals surface area (Å²) in [6.07, 6.45) is 0.738. The lowest BCUT2D eigenvalue weighted by Crippen LogP contribution is -2.28. The smallest absolute Gasteiger partial charge is 0.0542 e. The maximum Gasteiger partial charge on any atom is 0.0542 e. The third-order valence-electron chi connectivity index (χ3n) is 2.22. The minimum atomic E-state index is 0.190. The highest BCUT2D eigenvalue weighted by Crippen LogP contribution is 2.30. The van der Waals surface area contributed by atoms with Gasteiger partial charge >= 0.3 is 0 Å². The molecule has 1 unspecified atom stereocenters. The van der Waals surface area contributed by atoms with Crippen LogP contribution in [0.5, 0.6) is 0 Å². The number of rotatable bonds is 6. The molecule has 0 fully saturated rings. The van der Waals surface area contributed by atoms with Crippen molar-refractivity contribution in [1.82, 2.24) is 5.32 Å². The first-order valence-corrected chi connectivity index (χ1v) is 6.77. The van der Waals surface area contributed by atoms with E-state index in [2.05, 4.69) is 5.32 Å². The number of nitrogens with one attached hydrogen (secondary N) is 1. The molecule has 0 heterocycles. The standard InChI is InChI=1S/C11H15Cl2NOS/c1-14-9(4-5-15)7-16-11-6-8(12)2-3-10(11)13/h2-3,6,9,14-15H,4-5,7H2,1H3. The fraction of sp³-hybridized carbons (Fsp3) is 0.455. The van der Waals surface area contributed by atoms with Gasteiger partial charge in [-0.1, -0.05) is 23.2 Å². The van der Waals surface area contributed by atoms with Gasteiger partial charge in [0, 0.05) is 28.3 Å². The van der Waals surface area contributed by atoms with Gasteiger partial charge in [0.1, 0.15) is 0 Å². The van der Waals surface area contributed by atoms with Crippen molar-refractivity contribution in [2.75, 3.05) is 19.4 Å². The summed E-state index contributed by atoms with van der Waals surface area (Å²) in [6.45, 7) is 0.190. The summed E-state index contributed by atoms with van der Waals surface area (Å²) in [6, 6.07) is 5.72. The molecule has 0 radical (unpaired) electrons. The van der Waals surface area contributed by atoms with Crippen molar-refractivity contribution < 1.29 is 5.11 Å². The van der Waals surface area contributed by atoms with Crippen molar-refractivity contribution in [3.05, 3.63) is 28.2 Å². The van der Waals surface area contributed by atoms with Crippen LogP contribution < -0.4 is 5.32 Å². The molecule has 0 saturated heterocycles. The summed E-state index contributed by atoms with van der Waals surface area (Å²) in [7, 11) is 1.89. The van der Waals surface area contributed by atoms with Crippen LogP contribution in [0, 0.1) is 0 Å². The van der Waals surface area contributed by atoms with Gasteiger partial charge in [-0.3, -0.25) is 0 Å². The minimum Gasteiger partial charge on any atom is -0.396 e. The van der Waals surface area contributed by atoms with Gasteiger partial charge in [0.05, 0.1) is 5.02 Å². The van der Waals surface area contributed by atoms with Crippen molar-refractivity contribution >= 4 is 35.0 Å². The first-order chi connectivity index (χ1) is 7.67. The van der Waals surface area contributed by atoms with Crippen LogP contribution in [-0.4, -0.2) is 30.6 Å². The lowest BCUT2D eigenvalue weighted by molar-refractivity contribution is 0.273. The molecule has 0 aliphatic carbocycles. The van der Waals surface area contributed by atoms with Gasteiger partial charge in [0.15, 0.2) is 0 Å². The zero-order chi connectivity index (χ0) is 12.0. The Hall–Kier alpha value is 0.0700. The summed E-state index contributed by atoms with van der Waals surface area (Å²) in [4.78, 5) is 0.979. The predicted octanol–water partition coefficient (Wildman–Crippen LogP) is 3.06. The molecule has 0 amide bonds. The minimum absolute atomic E-state index is 0.190. The lowest BCUT2D eigenvalue weighted by Gasteiger charge is -2.14. The molecule has 16 heavy (non-hydrogen) atoms. The quantitative estimate of drug-likeness (QED) is 0.785. The zero-order valence-electron chi connectivity index (χ0n) is 9.04. The molecule has 0 aliphatic heterocycles. The van der Waals surface area contributed by atoms with Gasteiger partial charge in [0.2, 0.25) is 0 Å². The van der Waals surface area contributed by atoms with Crippen LogP contribution >= 0.6 is 35.0 Å². The van der Waals surface area contributed by atoms with E-state index in [1.54, 1.807) is 23.9 Å². The molecule has 2 nitrogen and oxygen atoms in total. The number of halogens is 2. The molecule has 0 aromatic heterocycles. The lowest BCUT2D eigenvalue weighted by atomic mass is 10.2. The second-order valence-electron chi connectivity index (χ2n) is 3.38. The molecular formula is C11H15Cl2NOS. The van der Waals surface area contributed by atoms with Gasteiger partial charge in [-0.25, -0.2) is 0 Å². The van der Waals surface area contributed by atoms with E-state index in [0.29, 0.717) is 10.0 Å². The Labute approximate surface area is 110 Å². The van der Waals surface area contributed by atoms with E-state index in [1.165, 1.54) is 0 Å². The maximum absolute atomic E-state index is 8.87. The molecule has 1 aromatic rings. The Bertz CT molecular complexity index is 336. The summed E-state index contributed by atoms with van der Waals surface area (Å²) in [5, 5.41) is 13.4. The molecule has 0 aliphatic rings. The van der Waals surface area contributed by atoms with Crippen LogP contribution in [0.15, 0.2) is 23.1 Å². The van der Waals surface area contributed by atoms with Gasteiger partial charge in [-0.15, -0.1) is 11.8 Å². The van der Waals surface area contributed by atoms with E-state index in [9.17, 15) is 0 Å². The molecule has 90 valence electrons. The van der Waals surface area contributed by atoms with Crippen LogP contribution in [0.25, 0.3) is 0 Å². The molecule has 0 spiro atoms. The molecule has 0 saturated carbocycles. The third-order valence-corrected chi connectivity index (χ3v) is 4.11. The highest BCUT2D eigenvalue weighted by atomic mass is 35.5. The summed E-state index contributed by atoms with van der Waals surface area (Å²) >= 11 is 13.6. The van der Waals surface area contributed by atoms with E-state index in [-0.39, 0.29) is 12.6 Å². The Balaban J connectivity index is 2.55. The van der Waals surface area contributed by atoms with E-state index < -0.39 is 0 Å². The van der Waals surface area contributed by atoms with E-state index in [1.807, 2.05) is 13.1 Å². The topological polar surface area (TPSA) is 32.3 Å². The largest absolute Gasteiger partial charge is 0.396 e.